The van der Waals surface area contributed by atoms with Crippen molar-refractivity contribution in [2.45, 2.75) is 13.0 Å². The van der Waals surface area contributed by atoms with E-state index < -0.39 is 6.10 Å². The minimum Gasteiger partial charge on any atom is -0.384 e. The molecule has 0 bridgehead atoms. The predicted octanol–water partition coefficient (Wildman–Crippen LogP) is 3.46. The van der Waals surface area contributed by atoms with E-state index in [9.17, 15) is 9.90 Å². The van der Waals surface area contributed by atoms with E-state index in [1.807, 2.05) is 31.2 Å². The lowest BCUT2D eigenvalue weighted by molar-refractivity contribution is 0.0955. The van der Waals surface area contributed by atoms with Gasteiger partial charge in [0.1, 0.15) is 11.8 Å². The number of fused-ring (bicyclic) bond motifs is 1. The number of aromatic amines is 1. The fourth-order valence-electron chi connectivity index (χ4n) is 3.23. The first-order valence-electron chi connectivity index (χ1n) is 9.11. The highest BCUT2D eigenvalue weighted by molar-refractivity contribution is 5.94. The molecule has 0 saturated heterocycles. The van der Waals surface area contributed by atoms with Gasteiger partial charge < -0.3 is 15.4 Å². The van der Waals surface area contributed by atoms with Crippen LogP contribution in [0.3, 0.4) is 0 Å². The van der Waals surface area contributed by atoms with E-state index >= 15 is 0 Å². The number of hydrogen-bond acceptors (Lipinski definition) is 4. The Balaban J connectivity index is 1.73. The van der Waals surface area contributed by atoms with Crippen LogP contribution in [0.4, 0.5) is 0 Å². The highest BCUT2D eigenvalue weighted by Gasteiger charge is 2.18. The van der Waals surface area contributed by atoms with Crippen LogP contribution < -0.4 is 5.32 Å². The number of rotatable bonds is 5. The normalized spacial score (nSPS) is 12.1. The largest absolute Gasteiger partial charge is 0.384 e. The molecule has 6 nitrogen and oxygen atoms in total. The summed E-state index contributed by atoms with van der Waals surface area (Å²) in [5, 5.41) is 14.6. The lowest BCUT2D eigenvalue weighted by Gasteiger charge is -2.12. The van der Waals surface area contributed by atoms with Gasteiger partial charge in [0.2, 0.25) is 0 Å². The van der Waals surface area contributed by atoms with E-state index in [2.05, 4.69) is 20.3 Å². The number of hydrogen-bond donors (Lipinski definition) is 3. The van der Waals surface area contributed by atoms with Gasteiger partial charge in [-0.25, -0.2) is 4.98 Å². The van der Waals surface area contributed by atoms with Gasteiger partial charge in [0.15, 0.2) is 0 Å². The minimum atomic E-state index is -0.880. The summed E-state index contributed by atoms with van der Waals surface area (Å²) in [4.78, 5) is 23.8. The van der Waals surface area contributed by atoms with Crippen LogP contribution in [0.25, 0.3) is 22.2 Å². The van der Waals surface area contributed by atoms with Gasteiger partial charge in [0.25, 0.3) is 5.91 Å². The molecule has 0 aliphatic heterocycles. The van der Waals surface area contributed by atoms with E-state index in [-0.39, 0.29) is 5.91 Å². The van der Waals surface area contributed by atoms with Crippen LogP contribution in [0.15, 0.2) is 67.3 Å². The number of nitrogens with one attached hydrogen (secondary N) is 2. The summed E-state index contributed by atoms with van der Waals surface area (Å²) in [6.07, 6.45) is 6.16. The molecular weight excluding hydrogens is 352 g/mol. The number of H-pyrrole nitrogens is 1. The second-order valence-corrected chi connectivity index (χ2v) is 6.49. The minimum absolute atomic E-state index is 0.156. The van der Waals surface area contributed by atoms with Crippen molar-refractivity contribution in [3.63, 3.8) is 0 Å². The summed E-state index contributed by atoms with van der Waals surface area (Å²) in [5.74, 6) is -0.156. The van der Waals surface area contributed by atoms with Crippen LogP contribution in [-0.2, 0) is 0 Å². The molecule has 3 aromatic heterocycles. The third kappa shape index (κ3) is 3.37. The van der Waals surface area contributed by atoms with Crippen molar-refractivity contribution in [1.82, 2.24) is 20.3 Å². The molecule has 0 fully saturated rings. The first-order valence-corrected chi connectivity index (χ1v) is 9.11. The third-order valence-corrected chi connectivity index (χ3v) is 4.65. The maximum atomic E-state index is 12.1. The van der Waals surface area contributed by atoms with Crippen LogP contribution in [0.1, 0.15) is 34.5 Å². The average Bonchev–Trinajstić information content (AvgIpc) is 3.17. The molecule has 0 radical (unpaired) electrons. The molecule has 1 aromatic carbocycles. The lowest BCUT2D eigenvalue weighted by atomic mass is 9.98. The molecule has 1 unspecified atom stereocenters. The van der Waals surface area contributed by atoms with E-state index in [1.165, 1.54) is 0 Å². The zero-order valence-corrected chi connectivity index (χ0v) is 15.4. The molecule has 0 saturated carbocycles. The van der Waals surface area contributed by atoms with E-state index in [4.69, 9.17) is 0 Å². The highest BCUT2D eigenvalue weighted by atomic mass is 16.3. The topological polar surface area (TPSA) is 90.9 Å². The fraction of sp³-hybridized carbons (Fsp3) is 0.136. The third-order valence-electron chi connectivity index (χ3n) is 4.65. The van der Waals surface area contributed by atoms with Gasteiger partial charge in [-0.2, -0.15) is 0 Å². The Labute approximate surface area is 162 Å². The zero-order chi connectivity index (χ0) is 19.5. The van der Waals surface area contributed by atoms with E-state index in [0.717, 1.165) is 16.5 Å². The number of benzene rings is 1. The van der Waals surface area contributed by atoms with Crippen LogP contribution in [0, 0.1) is 0 Å². The molecule has 3 N–H and O–H groups in total. The maximum Gasteiger partial charge on any atom is 0.251 e. The second-order valence-electron chi connectivity index (χ2n) is 6.49. The average molecular weight is 372 g/mol. The number of aliphatic hydroxyl groups is 1. The number of carbonyl (C=O) groups is 1. The van der Waals surface area contributed by atoms with Crippen LogP contribution in [-0.4, -0.2) is 32.5 Å². The number of nitrogens with zero attached hydrogens (tertiary/aromatic N) is 2. The van der Waals surface area contributed by atoms with Crippen molar-refractivity contribution < 1.29 is 9.90 Å². The van der Waals surface area contributed by atoms with Gasteiger partial charge in [0.05, 0.1) is 0 Å². The molecule has 3 heterocycles. The fourth-order valence-corrected chi connectivity index (χ4v) is 3.23. The summed E-state index contributed by atoms with van der Waals surface area (Å²) in [5.41, 5.74) is 4.45. The van der Waals surface area contributed by atoms with Crippen molar-refractivity contribution in [3.8, 4) is 11.1 Å². The summed E-state index contributed by atoms with van der Waals surface area (Å²) in [6, 6.07) is 12.9. The summed E-state index contributed by atoms with van der Waals surface area (Å²) in [7, 11) is 0. The van der Waals surface area contributed by atoms with Crippen LogP contribution in [0.5, 0.6) is 0 Å². The van der Waals surface area contributed by atoms with Crippen molar-refractivity contribution in [3.05, 3.63) is 83.9 Å². The number of aliphatic hydroxyl groups excluding tert-OH is 1. The quantitative estimate of drug-likeness (QED) is 0.500. The first kappa shape index (κ1) is 17.9. The van der Waals surface area contributed by atoms with Gasteiger partial charge in [-0.1, -0.05) is 18.2 Å². The number of carbonyl (C=O) groups excluding carboxylic acids is 1. The molecular formula is C22H20N4O2. The molecule has 0 aliphatic rings. The van der Waals surface area contributed by atoms with Gasteiger partial charge in [-0.05, 0) is 36.8 Å². The van der Waals surface area contributed by atoms with Crippen molar-refractivity contribution in [2.24, 2.45) is 0 Å². The molecule has 28 heavy (non-hydrogen) atoms. The molecule has 0 spiro atoms. The molecule has 1 atom stereocenters. The Morgan fingerprint density at radius 2 is 2.07 bits per heavy atom. The lowest BCUT2D eigenvalue weighted by Crippen LogP contribution is -2.22. The molecule has 1 amide bonds. The van der Waals surface area contributed by atoms with E-state index in [1.54, 1.807) is 43.0 Å². The summed E-state index contributed by atoms with van der Waals surface area (Å²) < 4.78 is 0. The molecule has 140 valence electrons. The van der Waals surface area contributed by atoms with Crippen LogP contribution in [0.2, 0.25) is 0 Å². The number of amides is 1. The summed E-state index contributed by atoms with van der Waals surface area (Å²) in [6.45, 7) is 2.42. The molecule has 4 rings (SSSR count). The monoisotopic (exact) mass is 372 g/mol. The van der Waals surface area contributed by atoms with Gasteiger partial charge in [0, 0.05) is 59.0 Å². The van der Waals surface area contributed by atoms with Gasteiger partial charge >= 0.3 is 0 Å². The number of aromatic nitrogens is 3. The standard InChI is InChI=1S/C22H20N4O2/c1-2-24-22(28)15-6-3-5-14(9-15)20(27)19-13-26-21-18(19)10-17(12-25-21)16-7-4-8-23-11-16/h3-13,20,27H,2H2,1H3,(H,24,28)(H,25,26). The van der Waals surface area contributed by atoms with E-state index in [0.29, 0.717) is 28.9 Å². The highest BCUT2D eigenvalue weighted by Crippen LogP contribution is 2.31. The zero-order valence-electron chi connectivity index (χ0n) is 15.4. The SMILES string of the molecule is CCNC(=O)c1cccc(C(O)c2c[nH]c3ncc(-c4cccnc4)cc23)c1. The smallest absolute Gasteiger partial charge is 0.251 e. The Hall–Kier alpha value is -3.51. The Bertz CT molecular complexity index is 1120. The van der Waals surface area contributed by atoms with Crippen molar-refractivity contribution in [2.75, 3.05) is 6.54 Å². The summed E-state index contributed by atoms with van der Waals surface area (Å²) >= 11 is 0. The van der Waals surface area contributed by atoms with Gasteiger partial charge in [-0.15, -0.1) is 0 Å². The molecule has 4 aromatic rings. The maximum absolute atomic E-state index is 12.1. The Morgan fingerprint density at radius 3 is 2.86 bits per heavy atom. The number of pyridine rings is 2. The first-order chi connectivity index (χ1) is 13.7. The van der Waals surface area contributed by atoms with Gasteiger partial charge in [-0.3, -0.25) is 9.78 Å². The predicted molar refractivity (Wildman–Crippen MR) is 108 cm³/mol. The van der Waals surface area contributed by atoms with Crippen molar-refractivity contribution >= 4 is 16.9 Å². The Morgan fingerprint density at radius 1 is 1.18 bits per heavy atom. The second kappa shape index (κ2) is 7.62. The molecule has 6 heteroatoms. The van der Waals surface area contributed by atoms with Crippen LogP contribution >= 0.6 is 0 Å². The molecule has 0 aliphatic carbocycles. The van der Waals surface area contributed by atoms with Crippen molar-refractivity contribution in [1.29, 1.82) is 0 Å². The Kier molecular flexibility index (Phi) is 4.87.